The summed E-state index contributed by atoms with van der Waals surface area (Å²) in [6, 6.07) is 8.78. The second-order valence-electron chi connectivity index (χ2n) is 6.67. The van der Waals surface area contributed by atoms with Crippen LogP contribution in [0.1, 0.15) is 52.1 Å². The van der Waals surface area contributed by atoms with Gasteiger partial charge in [-0.25, -0.2) is 0 Å². The summed E-state index contributed by atoms with van der Waals surface area (Å²) < 4.78 is 1.17. The highest BCUT2D eigenvalue weighted by Crippen LogP contribution is 2.28. The lowest BCUT2D eigenvalue weighted by Crippen LogP contribution is -2.36. The molecule has 3 heteroatoms. The first-order valence-corrected chi connectivity index (χ1v) is 8.93. The number of halogens is 1. The van der Waals surface area contributed by atoms with Gasteiger partial charge in [0.25, 0.3) is 0 Å². The zero-order chi connectivity index (χ0) is 15.8. The van der Waals surface area contributed by atoms with E-state index in [1.807, 2.05) is 0 Å². The third kappa shape index (κ3) is 6.50. The molecule has 0 aliphatic heterocycles. The fourth-order valence-corrected chi connectivity index (χ4v) is 3.04. The second kappa shape index (κ2) is 9.60. The van der Waals surface area contributed by atoms with E-state index in [1.165, 1.54) is 22.9 Å². The Labute approximate surface area is 139 Å². The predicted octanol–water partition coefficient (Wildman–Crippen LogP) is 4.84. The van der Waals surface area contributed by atoms with Crippen LogP contribution in [-0.2, 0) is 0 Å². The molecule has 0 heterocycles. The molecule has 2 N–H and O–H groups in total. The quantitative estimate of drug-likeness (QED) is 0.687. The van der Waals surface area contributed by atoms with Crippen molar-refractivity contribution in [3.8, 4) is 0 Å². The normalized spacial score (nSPS) is 13.4. The van der Waals surface area contributed by atoms with Gasteiger partial charge in [0.05, 0.1) is 0 Å². The van der Waals surface area contributed by atoms with E-state index in [1.54, 1.807) is 0 Å². The van der Waals surface area contributed by atoms with Crippen molar-refractivity contribution in [3.05, 3.63) is 34.3 Å². The minimum Gasteiger partial charge on any atom is -0.329 e. The van der Waals surface area contributed by atoms with E-state index < -0.39 is 0 Å². The number of nitrogens with two attached hydrogens (primary N) is 1. The van der Waals surface area contributed by atoms with E-state index in [0.29, 0.717) is 12.6 Å². The van der Waals surface area contributed by atoms with E-state index in [0.717, 1.165) is 24.9 Å². The van der Waals surface area contributed by atoms with E-state index in [4.69, 9.17) is 5.73 Å². The van der Waals surface area contributed by atoms with Gasteiger partial charge in [0.15, 0.2) is 0 Å². The van der Waals surface area contributed by atoms with Gasteiger partial charge in [-0.05, 0) is 49.4 Å². The Hall–Kier alpha value is -0.380. The molecule has 0 saturated heterocycles. The van der Waals surface area contributed by atoms with Crippen LogP contribution in [0.2, 0.25) is 0 Å². The van der Waals surface area contributed by atoms with Crippen LogP contribution in [0.15, 0.2) is 28.7 Å². The van der Waals surface area contributed by atoms with Crippen molar-refractivity contribution in [2.45, 2.75) is 46.6 Å². The molecule has 1 unspecified atom stereocenters. The predicted molar refractivity (Wildman–Crippen MR) is 96.4 cm³/mol. The number of benzene rings is 1. The highest BCUT2D eigenvalue weighted by molar-refractivity contribution is 9.10. The smallest absolute Gasteiger partial charge is 0.0481 e. The lowest BCUT2D eigenvalue weighted by molar-refractivity contribution is 0.180. The Morgan fingerprint density at radius 1 is 1.00 bits per heavy atom. The molecule has 2 nitrogen and oxygen atoms in total. The Morgan fingerprint density at radius 2 is 1.52 bits per heavy atom. The maximum absolute atomic E-state index is 6.12. The number of hydrogen-bond acceptors (Lipinski definition) is 2. The lowest BCUT2D eigenvalue weighted by Gasteiger charge is -2.33. The summed E-state index contributed by atoms with van der Waals surface area (Å²) in [5.41, 5.74) is 7.44. The molecule has 1 rings (SSSR count). The highest BCUT2D eigenvalue weighted by atomic mass is 79.9. The van der Waals surface area contributed by atoms with E-state index in [-0.39, 0.29) is 0 Å². The van der Waals surface area contributed by atoms with Crippen molar-refractivity contribution in [2.75, 3.05) is 19.6 Å². The molecule has 1 aromatic rings. The van der Waals surface area contributed by atoms with Gasteiger partial charge < -0.3 is 5.73 Å². The first-order chi connectivity index (χ1) is 9.95. The minimum absolute atomic E-state index is 0.304. The molecule has 120 valence electrons. The fraction of sp³-hybridized carbons (Fsp3) is 0.667. The first-order valence-electron chi connectivity index (χ1n) is 8.14. The molecule has 0 radical (unpaired) electrons. The number of hydrogen-bond donors (Lipinski definition) is 1. The molecule has 0 saturated carbocycles. The van der Waals surface area contributed by atoms with Crippen LogP contribution in [-0.4, -0.2) is 24.5 Å². The van der Waals surface area contributed by atoms with Gasteiger partial charge in [-0.15, -0.1) is 0 Å². The molecule has 1 aromatic carbocycles. The maximum Gasteiger partial charge on any atom is 0.0481 e. The number of rotatable bonds is 9. The van der Waals surface area contributed by atoms with Crippen LogP contribution < -0.4 is 5.73 Å². The summed E-state index contributed by atoms with van der Waals surface area (Å²) in [6.45, 7) is 12.1. The third-order valence-corrected chi connectivity index (χ3v) is 4.64. The summed E-state index contributed by atoms with van der Waals surface area (Å²) in [6.07, 6.45) is 2.44. The van der Waals surface area contributed by atoms with Crippen LogP contribution in [0.3, 0.4) is 0 Å². The molecule has 0 aliphatic carbocycles. The molecule has 21 heavy (non-hydrogen) atoms. The van der Waals surface area contributed by atoms with Crippen molar-refractivity contribution in [1.29, 1.82) is 0 Å². The van der Waals surface area contributed by atoms with Crippen molar-refractivity contribution >= 4 is 15.9 Å². The number of nitrogens with zero attached hydrogens (tertiary/aromatic N) is 1. The maximum atomic E-state index is 6.12. The molecule has 1 atom stereocenters. The van der Waals surface area contributed by atoms with Gasteiger partial charge in [-0.1, -0.05) is 61.8 Å². The van der Waals surface area contributed by atoms with Crippen molar-refractivity contribution in [3.63, 3.8) is 0 Å². The van der Waals surface area contributed by atoms with Gasteiger partial charge in [0, 0.05) is 17.1 Å². The molecular formula is C18H31BrN2. The average Bonchev–Trinajstić information content (AvgIpc) is 2.43. The fourth-order valence-electron chi connectivity index (χ4n) is 2.49. The lowest BCUT2D eigenvalue weighted by atomic mass is 10.0. The van der Waals surface area contributed by atoms with E-state index >= 15 is 0 Å². The van der Waals surface area contributed by atoms with Gasteiger partial charge in [0.2, 0.25) is 0 Å². The van der Waals surface area contributed by atoms with Gasteiger partial charge in [0.1, 0.15) is 0 Å². The average molecular weight is 355 g/mol. The van der Waals surface area contributed by atoms with Gasteiger partial charge >= 0.3 is 0 Å². The molecule has 0 spiro atoms. The molecule has 0 amide bonds. The van der Waals surface area contributed by atoms with E-state index in [9.17, 15) is 0 Å². The summed E-state index contributed by atoms with van der Waals surface area (Å²) in [5.74, 6) is 1.45. The zero-order valence-corrected chi connectivity index (χ0v) is 15.6. The summed E-state index contributed by atoms with van der Waals surface area (Å²) in [7, 11) is 0. The van der Waals surface area contributed by atoms with Crippen LogP contribution in [0.4, 0.5) is 0 Å². The standard InChI is InChI=1S/C18H31BrN2/c1-14(2)9-11-21(12-10-15(3)4)18(13-20)16-7-5-6-8-17(16)19/h5-8,14-15,18H,9-13,20H2,1-4H3. The molecule has 0 aliphatic rings. The molecule has 0 bridgehead atoms. The van der Waals surface area contributed by atoms with Gasteiger partial charge in [-0.2, -0.15) is 0 Å². The minimum atomic E-state index is 0.304. The van der Waals surface area contributed by atoms with Crippen molar-refractivity contribution < 1.29 is 0 Å². The Kier molecular flexibility index (Phi) is 8.53. The Bertz CT molecular complexity index is 392. The van der Waals surface area contributed by atoms with Crippen LogP contribution in [0.25, 0.3) is 0 Å². The third-order valence-electron chi connectivity index (χ3n) is 3.92. The highest BCUT2D eigenvalue weighted by Gasteiger charge is 2.21. The van der Waals surface area contributed by atoms with Crippen LogP contribution >= 0.6 is 15.9 Å². The van der Waals surface area contributed by atoms with E-state index in [2.05, 4.69) is 72.8 Å². The van der Waals surface area contributed by atoms with Crippen LogP contribution in [0.5, 0.6) is 0 Å². The first kappa shape index (κ1) is 18.7. The Balaban J connectivity index is 2.88. The zero-order valence-electron chi connectivity index (χ0n) is 14.0. The molecule has 0 fully saturated rings. The largest absolute Gasteiger partial charge is 0.329 e. The summed E-state index contributed by atoms with van der Waals surface area (Å²) in [5, 5.41) is 0. The van der Waals surface area contributed by atoms with Crippen molar-refractivity contribution in [2.24, 2.45) is 17.6 Å². The molecule has 0 aromatic heterocycles. The van der Waals surface area contributed by atoms with Gasteiger partial charge in [-0.3, -0.25) is 4.90 Å². The summed E-state index contributed by atoms with van der Waals surface area (Å²) in [4.78, 5) is 2.57. The van der Waals surface area contributed by atoms with Crippen LogP contribution in [0, 0.1) is 11.8 Å². The Morgan fingerprint density at radius 3 is 1.95 bits per heavy atom. The molecular weight excluding hydrogens is 324 g/mol. The second-order valence-corrected chi connectivity index (χ2v) is 7.53. The topological polar surface area (TPSA) is 29.3 Å². The van der Waals surface area contributed by atoms with Crippen molar-refractivity contribution in [1.82, 2.24) is 4.90 Å². The monoisotopic (exact) mass is 354 g/mol. The summed E-state index contributed by atoms with van der Waals surface area (Å²) >= 11 is 3.68. The SMILES string of the molecule is CC(C)CCN(CCC(C)C)C(CN)c1ccccc1Br.